The monoisotopic (exact) mass is 536 g/mol. The van der Waals surface area contributed by atoms with E-state index in [2.05, 4.69) is 16.7 Å². The number of alkyl halides is 3. The van der Waals surface area contributed by atoms with Crippen LogP contribution in [0.15, 0.2) is 60.7 Å². The summed E-state index contributed by atoms with van der Waals surface area (Å²) in [5, 5.41) is 0. The molecule has 5 nitrogen and oxygen atoms in total. The third-order valence-electron chi connectivity index (χ3n) is 7.41. The number of likely N-dealkylation sites (N-methyl/N-ethyl adjacent to an activating group) is 1. The van der Waals surface area contributed by atoms with Crippen LogP contribution in [0.2, 0.25) is 0 Å². The fraction of sp³-hybridized carbons (Fsp3) is 0.355. The lowest BCUT2D eigenvalue weighted by Crippen LogP contribution is -2.50. The second-order valence-corrected chi connectivity index (χ2v) is 9.70. The molecule has 4 rings (SSSR count). The Kier molecular flexibility index (Phi) is 8.31. The van der Waals surface area contributed by atoms with Gasteiger partial charge in [-0.3, -0.25) is 14.5 Å². The molecule has 0 fully saturated rings. The van der Waals surface area contributed by atoms with Crippen LogP contribution in [-0.4, -0.2) is 47.9 Å². The molecule has 0 bridgehead atoms. The fourth-order valence-electron chi connectivity index (χ4n) is 5.47. The van der Waals surface area contributed by atoms with Crippen LogP contribution >= 0.6 is 0 Å². The minimum absolute atomic E-state index is 0.298. The molecule has 0 saturated carbocycles. The van der Waals surface area contributed by atoms with Gasteiger partial charge >= 0.3 is 6.18 Å². The van der Waals surface area contributed by atoms with Crippen LogP contribution < -0.4 is 4.74 Å². The number of Topliss-reactive ketones (excluding diaryl/α,β-unsaturated/α-hetero) is 2. The van der Waals surface area contributed by atoms with Crippen LogP contribution in [0.4, 0.5) is 13.2 Å². The summed E-state index contributed by atoms with van der Waals surface area (Å²) in [5.41, 5.74) is 2.02. The topological polar surface area (TPSA) is 51.5 Å². The van der Waals surface area contributed by atoms with Crippen LogP contribution in [0.3, 0.4) is 0 Å². The smallest absolute Gasteiger partial charge is 0.456 e. The number of rotatable bonds is 8. The number of ether oxygens (including phenoxy) is 1. The molecule has 2 aromatic carbocycles. The molecule has 2 heterocycles. The van der Waals surface area contributed by atoms with Crippen molar-refractivity contribution < 1.29 is 27.5 Å². The molecule has 1 unspecified atom stereocenters. The number of halogens is 3. The average Bonchev–Trinajstić information content (AvgIpc) is 3.37. The van der Waals surface area contributed by atoms with Gasteiger partial charge in [-0.2, -0.15) is 13.2 Å². The highest BCUT2D eigenvalue weighted by molar-refractivity contribution is 6.09. The SMILES string of the molecule is CCCC1(CCC#CC(=O)c2ccc(-c3ccccc3)c(OC)c2)c2ccc(C(=O)C(F)(F)F)n2CCN1C. The molecular weight excluding hydrogens is 505 g/mol. The van der Waals surface area contributed by atoms with E-state index in [1.54, 1.807) is 25.3 Å². The molecule has 0 aliphatic carbocycles. The fourth-order valence-corrected chi connectivity index (χ4v) is 5.47. The van der Waals surface area contributed by atoms with Gasteiger partial charge in [-0.05, 0) is 61.7 Å². The van der Waals surface area contributed by atoms with Crippen LogP contribution in [0.5, 0.6) is 5.75 Å². The van der Waals surface area contributed by atoms with Crippen molar-refractivity contribution in [3.8, 4) is 28.7 Å². The molecule has 1 aliphatic rings. The standard InChI is InChI=1S/C31H31F3N2O3/c1-4-17-30(28-16-15-25(29(38)31(32,33)34)36(28)20-19-35(30)2)18-9-8-12-26(37)23-13-14-24(27(21-23)39-3)22-10-6-5-7-11-22/h5-7,10-11,13-16,21H,4,9,17-20H2,1-3H3. The number of ketones is 2. The maximum atomic E-state index is 13.2. The van der Waals surface area contributed by atoms with Gasteiger partial charge in [0, 0.05) is 36.3 Å². The summed E-state index contributed by atoms with van der Waals surface area (Å²) in [5.74, 6) is 4.10. The normalized spacial score (nSPS) is 17.2. The average molecular weight is 537 g/mol. The second-order valence-electron chi connectivity index (χ2n) is 9.70. The number of nitrogens with zero attached hydrogens (tertiary/aromatic N) is 2. The predicted molar refractivity (Wildman–Crippen MR) is 144 cm³/mol. The molecule has 0 N–H and O–H groups in total. The first-order valence-electron chi connectivity index (χ1n) is 12.9. The van der Waals surface area contributed by atoms with Crippen molar-refractivity contribution in [1.29, 1.82) is 0 Å². The molecule has 0 radical (unpaired) electrons. The lowest BCUT2D eigenvalue weighted by Gasteiger charge is -2.46. The Labute approximate surface area is 226 Å². The van der Waals surface area contributed by atoms with E-state index < -0.39 is 17.5 Å². The molecule has 1 atom stereocenters. The lowest BCUT2D eigenvalue weighted by atomic mass is 9.82. The molecule has 0 spiro atoms. The summed E-state index contributed by atoms with van der Waals surface area (Å²) in [7, 11) is 3.50. The second kappa shape index (κ2) is 11.5. The minimum Gasteiger partial charge on any atom is -0.496 e. The molecule has 1 aliphatic heterocycles. The molecule has 8 heteroatoms. The summed E-state index contributed by atoms with van der Waals surface area (Å²) in [6.45, 7) is 2.81. The Hall–Kier alpha value is -3.83. The van der Waals surface area contributed by atoms with E-state index in [4.69, 9.17) is 4.74 Å². The van der Waals surface area contributed by atoms with Gasteiger partial charge in [0.05, 0.1) is 18.3 Å². The summed E-state index contributed by atoms with van der Waals surface area (Å²) >= 11 is 0. The van der Waals surface area contributed by atoms with E-state index in [0.29, 0.717) is 49.4 Å². The predicted octanol–water partition coefficient (Wildman–Crippen LogP) is 6.52. The molecule has 1 aromatic heterocycles. The van der Waals surface area contributed by atoms with Gasteiger partial charge in [0.2, 0.25) is 5.78 Å². The first-order valence-corrected chi connectivity index (χ1v) is 12.9. The number of carbonyl (C=O) groups is 2. The third-order valence-corrected chi connectivity index (χ3v) is 7.41. The quantitative estimate of drug-likeness (QED) is 0.187. The van der Waals surface area contributed by atoms with Crippen LogP contribution in [0.1, 0.15) is 59.1 Å². The number of benzene rings is 2. The van der Waals surface area contributed by atoms with Crippen molar-refractivity contribution in [1.82, 2.24) is 9.47 Å². The molecule has 0 saturated heterocycles. The van der Waals surface area contributed by atoms with Gasteiger partial charge in [-0.15, -0.1) is 0 Å². The van der Waals surface area contributed by atoms with Gasteiger partial charge in [0.1, 0.15) is 5.75 Å². The van der Waals surface area contributed by atoms with Crippen LogP contribution in [-0.2, 0) is 12.1 Å². The van der Waals surface area contributed by atoms with Gasteiger partial charge in [0.25, 0.3) is 5.78 Å². The number of hydrogen-bond donors (Lipinski definition) is 0. The molecule has 204 valence electrons. The third kappa shape index (κ3) is 5.64. The van der Waals surface area contributed by atoms with Gasteiger partial charge in [-0.1, -0.05) is 49.6 Å². The highest BCUT2D eigenvalue weighted by Crippen LogP contribution is 2.41. The maximum absolute atomic E-state index is 13.2. The van der Waals surface area contributed by atoms with Crippen molar-refractivity contribution in [2.24, 2.45) is 0 Å². The minimum atomic E-state index is -4.93. The van der Waals surface area contributed by atoms with E-state index in [-0.39, 0.29) is 11.5 Å². The Morgan fingerprint density at radius 1 is 1.03 bits per heavy atom. The Balaban J connectivity index is 1.55. The Bertz CT molecular complexity index is 1420. The molecule has 39 heavy (non-hydrogen) atoms. The van der Waals surface area contributed by atoms with Crippen molar-refractivity contribution in [2.45, 2.75) is 50.9 Å². The van der Waals surface area contributed by atoms with E-state index in [1.165, 1.54) is 10.6 Å². The Morgan fingerprint density at radius 3 is 2.44 bits per heavy atom. The van der Waals surface area contributed by atoms with Crippen LogP contribution in [0, 0.1) is 11.8 Å². The number of carbonyl (C=O) groups excluding carboxylic acids is 2. The van der Waals surface area contributed by atoms with Gasteiger partial charge in [0.15, 0.2) is 0 Å². The van der Waals surface area contributed by atoms with Gasteiger partial charge in [-0.25, -0.2) is 0 Å². The summed E-state index contributed by atoms with van der Waals surface area (Å²) in [6, 6.07) is 17.9. The molecular formula is C31H31F3N2O3. The van der Waals surface area contributed by atoms with E-state index >= 15 is 0 Å². The van der Waals surface area contributed by atoms with Gasteiger partial charge < -0.3 is 9.30 Å². The summed E-state index contributed by atoms with van der Waals surface area (Å²) in [6.07, 6.45) is -2.58. The Morgan fingerprint density at radius 2 is 1.77 bits per heavy atom. The summed E-state index contributed by atoms with van der Waals surface area (Å²) in [4.78, 5) is 27.0. The zero-order chi connectivity index (χ0) is 28.2. The number of fused-ring (bicyclic) bond motifs is 1. The first-order chi connectivity index (χ1) is 18.6. The maximum Gasteiger partial charge on any atom is 0.456 e. The largest absolute Gasteiger partial charge is 0.496 e. The zero-order valence-electron chi connectivity index (χ0n) is 22.3. The van der Waals surface area contributed by atoms with Crippen LogP contribution in [0.25, 0.3) is 11.1 Å². The van der Waals surface area contributed by atoms with E-state index in [0.717, 1.165) is 17.5 Å². The van der Waals surface area contributed by atoms with E-state index in [1.807, 2.05) is 50.4 Å². The first kappa shape index (κ1) is 28.2. The highest BCUT2D eigenvalue weighted by atomic mass is 19.4. The van der Waals surface area contributed by atoms with Crippen molar-refractivity contribution in [3.05, 3.63) is 77.6 Å². The van der Waals surface area contributed by atoms with Crippen molar-refractivity contribution in [2.75, 3.05) is 20.7 Å². The van der Waals surface area contributed by atoms with Crippen molar-refractivity contribution >= 4 is 11.6 Å². The van der Waals surface area contributed by atoms with Crippen molar-refractivity contribution in [3.63, 3.8) is 0 Å². The number of hydrogen-bond acceptors (Lipinski definition) is 4. The lowest BCUT2D eigenvalue weighted by molar-refractivity contribution is -0.0892. The molecule has 3 aromatic rings. The molecule has 0 amide bonds. The summed E-state index contributed by atoms with van der Waals surface area (Å²) < 4.78 is 46.6. The van der Waals surface area contributed by atoms with E-state index in [9.17, 15) is 22.8 Å². The number of aromatic nitrogens is 1. The number of methoxy groups -OCH3 is 1. The zero-order valence-corrected chi connectivity index (χ0v) is 22.3. The highest BCUT2D eigenvalue weighted by Gasteiger charge is 2.45.